The normalized spacial score (nSPS) is 10.8. The van der Waals surface area contributed by atoms with Crippen molar-refractivity contribution < 1.29 is 9.53 Å². The molecule has 0 unspecified atom stereocenters. The molecule has 0 spiro atoms. The molecular weight excluding hydrogens is 246 g/mol. The van der Waals surface area contributed by atoms with Gasteiger partial charge >= 0.3 is 6.09 Å². The van der Waals surface area contributed by atoms with Crippen LogP contribution in [-0.4, -0.2) is 25.8 Å². The third-order valence-electron chi connectivity index (χ3n) is 2.66. The highest BCUT2D eigenvalue weighted by Crippen LogP contribution is 2.26. The Labute approximate surface area is 108 Å². The topological polar surface area (TPSA) is 98.8 Å². The Morgan fingerprint density at radius 2 is 2.32 bits per heavy atom. The summed E-state index contributed by atoms with van der Waals surface area (Å²) in [5.41, 5.74) is 7.19. The summed E-state index contributed by atoms with van der Waals surface area (Å²) >= 11 is 0. The standard InChI is InChI=1S/C12H11N5O2/c1-17-6-7(5-14-17)11-15-8-3-2-4-9(10(8)16-11)19-12(13)18/h2-6H,1H3,(H2,13,18)(H,15,16). The fourth-order valence-corrected chi connectivity index (χ4v) is 1.88. The number of benzene rings is 1. The van der Waals surface area contributed by atoms with Crippen molar-refractivity contribution in [2.45, 2.75) is 0 Å². The zero-order chi connectivity index (χ0) is 13.4. The number of primary amides is 1. The number of carbonyl (C=O) groups excluding carboxylic acids is 1. The smallest absolute Gasteiger partial charge is 0.408 e. The number of nitrogens with two attached hydrogens (primary N) is 1. The van der Waals surface area contributed by atoms with E-state index in [0.29, 0.717) is 17.1 Å². The number of fused-ring (bicyclic) bond motifs is 1. The SMILES string of the molecule is Cn1cc(-c2nc3c(OC(N)=O)cccc3[nH]2)cn1. The maximum atomic E-state index is 10.8. The van der Waals surface area contributed by atoms with Crippen molar-refractivity contribution in [3.05, 3.63) is 30.6 Å². The molecule has 2 heterocycles. The largest absolute Gasteiger partial charge is 0.410 e. The van der Waals surface area contributed by atoms with Crippen LogP contribution < -0.4 is 10.5 Å². The predicted octanol–water partition coefficient (Wildman–Crippen LogP) is 1.42. The summed E-state index contributed by atoms with van der Waals surface area (Å²) in [4.78, 5) is 18.4. The van der Waals surface area contributed by atoms with Crippen molar-refractivity contribution in [1.82, 2.24) is 19.7 Å². The van der Waals surface area contributed by atoms with Gasteiger partial charge in [0.25, 0.3) is 0 Å². The highest BCUT2D eigenvalue weighted by atomic mass is 16.5. The fourth-order valence-electron chi connectivity index (χ4n) is 1.88. The van der Waals surface area contributed by atoms with E-state index in [1.165, 1.54) is 0 Å². The van der Waals surface area contributed by atoms with Crippen LogP contribution in [0.1, 0.15) is 0 Å². The first-order valence-electron chi connectivity index (χ1n) is 5.58. The Bertz CT molecular complexity index is 758. The van der Waals surface area contributed by atoms with Gasteiger partial charge < -0.3 is 15.5 Å². The third kappa shape index (κ3) is 2.01. The highest BCUT2D eigenvalue weighted by molar-refractivity contribution is 5.86. The summed E-state index contributed by atoms with van der Waals surface area (Å²) in [6, 6.07) is 5.24. The number of ether oxygens (including phenoxy) is 1. The average molecular weight is 257 g/mol. The number of hydrogen-bond donors (Lipinski definition) is 2. The van der Waals surface area contributed by atoms with Crippen LogP contribution >= 0.6 is 0 Å². The fraction of sp³-hybridized carbons (Fsp3) is 0.0833. The Balaban J connectivity index is 2.12. The summed E-state index contributed by atoms with van der Waals surface area (Å²) in [5.74, 6) is 0.986. The van der Waals surface area contributed by atoms with Gasteiger partial charge in [-0.1, -0.05) is 6.07 Å². The van der Waals surface area contributed by atoms with Gasteiger partial charge in [0.2, 0.25) is 0 Å². The van der Waals surface area contributed by atoms with Crippen LogP contribution in [0.25, 0.3) is 22.4 Å². The van der Waals surface area contributed by atoms with Crippen molar-refractivity contribution in [1.29, 1.82) is 0 Å². The van der Waals surface area contributed by atoms with Crippen molar-refractivity contribution in [3.63, 3.8) is 0 Å². The van der Waals surface area contributed by atoms with Gasteiger partial charge in [-0.05, 0) is 12.1 Å². The first kappa shape index (κ1) is 11.3. The minimum Gasteiger partial charge on any atom is -0.408 e. The molecule has 0 radical (unpaired) electrons. The van der Waals surface area contributed by atoms with E-state index in [0.717, 1.165) is 11.1 Å². The average Bonchev–Trinajstić information content (AvgIpc) is 2.94. The zero-order valence-electron chi connectivity index (χ0n) is 10.1. The first-order valence-corrected chi connectivity index (χ1v) is 5.58. The summed E-state index contributed by atoms with van der Waals surface area (Å²) in [7, 11) is 1.83. The van der Waals surface area contributed by atoms with E-state index in [1.807, 2.05) is 19.3 Å². The second-order valence-corrected chi connectivity index (χ2v) is 4.06. The second-order valence-electron chi connectivity index (χ2n) is 4.06. The highest BCUT2D eigenvalue weighted by Gasteiger charge is 2.12. The van der Waals surface area contributed by atoms with Crippen LogP contribution in [0.2, 0.25) is 0 Å². The molecule has 0 bridgehead atoms. The molecule has 7 heteroatoms. The number of hydrogen-bond acceptors (Lipinski definition) is 4. The molecule has 0 saturated heterocycles. The van der Waals surface area contributed by atoms with Crippen LogP contribution in [0, 0.1) is 0 Å². The van der Waals surface area contributed by atoms with Crippen LogP contribution in [0.5, 0.6) is 5.75 Å². The van der Waals surface area contributed by atoms with Crippen LogP contribution in [-0.2, 0) is 7.05 Å². The van der Waals surface area contributed by atoms with E-state index in [9.17, 15) is 4.79 Å². The lowest BCUT2D eigenvalue weighted by Gasteiger charge is -1.99. The lowest BCUT2D eigenvalue weighted by Crippen LogP contribution is -2.16. The number of nitrogens with one attached hydrogen (secondary N) is 1. The van der Waals surface area contributed by atoms with Gasteiger partial charge in [0.15, 0.2) is 5.75 Å². The van der Waals surface area contributed by atoms with Gasteiger partial charge in [0.05, 0.1) is 17.3 Å². The molecule has 0 saturated carbocycles. The predicted molar refractivity (Wildman–Crippen MR) is 68.5 cm³/mol. The number of nitrogens with zero attached hydrogens (tertiary/aromatic N) is 3. The number of para-hydroxylation sites is 1. The molecule has 1 amide bonds. The molecule has 3 rings (SSSR count). The maximum absolute atomic E-state index is 10.8. The molecule has 3 N–H and O–H groups in total. The van der Waals surface area contributed by atoms with Gasteiger partial charge in [-0.15, -0.1) is 0 Å². The minimum atomic E-state index is -0.863. The summed E-state index contributed by atoms with van der Waals surface area (Å²) < 4.78 is 6.60. The lowest BCUT2D eigenvalue weighted by molar-refractivity contribution is 0.211. The third-order valence-corrected chi connectivity index (χ3v) is 2.66. The molecular formula is C12H11N5O2. The number of aryl methyl sites for hydroxylation is 1. The molecule has 96 valence electrons. The molecule has 0 aliphatic rings. The lowest BCUT2D eigenvalue weighted by atomic mass is 10.3. The number of carbonyl (C=O) groups is 1. The van der Waals surface area contributed by atoms with Crippen molar-refractivity contribution >= 4 is 17.1 Å². The Morgan fingerprint density at radius 3 is 3.00 bits per heavy atom. The number of imidazole rings is 1. The number of rotatable bonds is 2. The zero-order valence-corrected chi connectivity index (χ0v) is 10.1. The number of H-pyrrole nitrogens is 1. The quantitative estimate of drug-likeness (QED) is 0.725. The van der Waals surface area contributed by atoms with Crippen molar-refractivity contribution in [2.75, 3.05) is 0 Å². The molecule has 19 heavy (non-hydrogen) atoms. The molecule has 1 aromatic carbocycles. The summed E-state index contributed by atoms with van der Waals surface area (Å²) in [5, 5.41) is 4.09. The summed E-state index contributed by atoms with van der Waals surface area (Å²) in [6.45, 7) is 0. The number of aromatic amines is 1. The van der Waals surface area contributed by atoms with E-state index in [1.54, 1.807) is 23.0 Å². The monoisotopic (exact) mass is 257 g/mol. The van der Waals surface area contributed by atoms with Crippen LogP contribution in [0.15, 0.2) is 30.6 Å². The number of amides is 1. The number of aromatic nitrogens is 4. The Kier molecular flexibility index (Phi) is 2.45. The van der Waals surface area contributed by atoms with Crippen LogP contribution in [0.3, 0.4) is 0 Å². The van der Waals surface area contributed by atoms with Crippen molar-refractivity contribution in [2.24, 2.45) is 12.8 Å². The molecule has 3 aromatic rings. The van der Waals surface area contributed by atoms with E-state index in [4.69, 9.17) is 10.5 Å². The van der Waals surface area contributed by atoms with Crippen LogP contribution in [0.4, 0.5) is 4.79 Å². The van der Waals surface area contributed by atoms with E-state index in [-0.39, 0.29) is 0 Å². The molecule has 7 nitrogen and oxygen atoms in total. The molecule has 0 aliphatic heterocycles. The summed E-state index contributed by atoms with van der Waals surface area (Å²) in [6.07, 6.45) is 2.68. The van der Waals surface area contributed by atoms with E-state index >= 15 is 0 Å². The molecule has 2 aromatic heterocycles. The van der Waals surface area contributed by atoms with E-state index in [2.05, 4.69) is 15.1 Å². The molecule has 0 atom stereocenters. The molecule has 0 fully saturated rings. The van der Waals surface area contributed by atoms with E-state index < -0.39 is 6.09 Å². The van der Waals surface area contributed by atoms with Crippen molar-refractivity contribution in [3.8, 4) is 17.1 Å². The minimum absolute atomic E-state index is 0.330. The first-order chi connectivity index (χ1) is 9.13. The van der Waals surface area contributed by atoms with Gasteiger partial charge in [-0.3, -0.25) is 4.68 Å². The second kappa shape index (κ2) is 4.13. The Hall–Kier alpha value is -2.83. The van der Waals surface area contributed by atoms with Gasteiger partial charge in [0, 0.05) is 13.2 Å². The molecule has 0 aliphatic carbocycles. The maximum Gasteiger partial charge on any atom is 0.410 e. The Morgan fingerprint density at radius 1 is 1.47 bits per heavy atom. The van der Waals surface area contributed by atoms with Gasteiger partial charge in [-0.25, -0.2) is 9.78 Å². The van der Waals surface area contributed by atoms with Gasteiger partial charge in [-0.2, -0.15) is 5.10 Å². The van der Waals surface area contributed by atoms with Gasteiger partial charge in [0.1, 0.15) is 11.3 Å².